The molecule has 170 valence electrons. The van der Waals surface area contributed by atoms with E-state index < -0.39 is 24.0 Å². The van der Waals surface area contributed by atoms with Crippen LogP contribution in [0.5, 0.6) is 0 Å². The van der Waals surface area contributed by atoms with E-state index in [1.165, 1.54) is 17.8 Å². The van der Waals surface area contributed by atoms with Crippen LogP contribution in [0, 0.1) is 0 Å². The van der Waals surface area contributed by atoms with Gasteiger partial charge >= 0.3 is 12.1 Å². The molecule has 0 bridgehead atoms. The number of carbonyl (C=O) groups is 3. The number of aryl methyl sites for hydroxylation is 1. The smallest absolute Gasteiger partial charge is 0.412 e. The van der Waals surface area contributed by atoms with Gasteiger partial charge in [0.15, 0.2) is 5.82 Å². The number of benzene rings is 2. The van der Waals surface area contributed by atoms with Gasteiger partial charge in [0.1, 0.15) is 18.3 Å². The summed E-state index contributed by atoms with van der Waals surface area (Å²) in [4.78, 5) is 36.0. The first kappa shape index (κ1) is 22.1. The van der Waals surface area contributed by atoms with Gasteiger partial charge in [0, 0.05) is 19.0 Å². The number of aromatic nitrogens is 2. The van der Waals surface area contributed by atoms with Crippen molar-refractivity contribution >= 4 is 23.8 Å². The minimum absolute atomic E-state index is 0.0739. The molecule has 0 saturated carbocycles. The molecule has 3 N–H and O–H groups in total. The van der Waals surface area contributed by atoms with E-state index in [-0.39, 0.29) is 30.5 Å². The predicted molar refractivity (Wildman–Crippen MR) is 121 cm³/mol. The van der Waals surface area contributed by atoms with Crippen molar-refractivity contribution in [3.8, 4) is 11.1 Å². The highest BCUT2D eigenvalue weighted by Gasteiger charge is 2.29. The average Bonchev–Trinajstić information content (AvgIpc) is 3.33. The first-order valence-corrected chi connectivity index (χ1v) is 10.6. The zero-order valence-electron chi connectivity index (χ0n) is 18.2. The number of hydrogen-bond acceptors (Lipinski definition) is 5. The first-order chi connectivity index (χ1) is 15.9. The molecule has 9 heteroatoms. The van der Waals surface area contributed by atoms with Gasteiger partial charge in [-0.2, -0.15) is 5.10 Å². The number of anilines is 1. The number of rotatable bonds is 7. The molecule has 9 nitrogen and oxygen atoms in total. The van der Waals surface area contributed by atoms with Gasteiger partial charge in [-0.3, -0.25) is 14.8 Å². The number of carboxylic acids is 1. The fourth-order valence-corrected chi connectivity index (χ4v) is 4.05. The quantitative estimate of drug-likeness (QED) is 0.509. The Morgan fingerprint density at radius 3 is 2.27 bits per heavy atom. The fraction of sp³-hybridized carbons (Fsp3) is 0.250. The number of hydrogen-bond donors (Lipinski definition) is 3. The molecule has 1 heterocycles. The summed E-state index contributed by atoms with van der Waals surface area (Å²) in [6.07, 6.45) is -0.456. The predicted octanol–water partition coefficient (Wildman–Crippen LogP) is 3.37. The van der Waals surface area contributed by atoms with Gasteiger partial charge in [0.05, 0.1) is 0 Å². The summed E-state index contributed by atoms with van der Waals surface area (Å²) < 4.78 is 6.76. The molecule has 4 rings (SSSR count). The van der Waals surface area contributed by atoms with Gasteiger partial charge in [-0.1, -0.05) is 55.5 Å². The van der Waals surface area contributed by atoms with Gasteiger partial charge in [0.2, 0.25) is 0 Å². The maximum absolute atomic E-state index is 12.4. The molecule has 1 unspecified atom stereocenters. The van der Waals surface area contributed by atoms with E-state index in [1.807, 2.05) is 36.4 Å². The Labute approximate surface area is 190 Å². The van der Waals surface area contributed by atoms with Crippen LogP contribution in [0.3, 0.4) is 0 Å². The lowest BCUT2D eigenvalue weighted by Crippen LogP contribution is -2.40. The highest BCUT2D eigenvalue weighted by Crippen LogP contribution is 2.44. The second-order valence-electron chi connectivity index (χ2n) is 7.76. The molecule has 0 spiro atoms. The summed E-state index contributed by atoms with van der Waals surface area (Å²) in [5.74, 6) is -1.66. The molecular weight excluding hydrogens is 424 g/mol. The Morgan fingerprint density at radius 1 is 1.09 bits per heavy atom. The molecule has 2 amide bonds. The zero-order chi connectivity index (χ0) is 23.5. The van der Waals surface area contributed by atoms with Crippen molar-refractivity contribution in [2.45, 2.75) is 25.3 Å². The Kier molecular flexibility index (Phi) is 6.12. The summed E-state index contributed by atoms with van der Waals surface area (Å²) in [5, 5.41) is 18.2. The Balaban J connectivity index is 1.41. The maximum Gasteiger partial charge on any atom is 0.412 e. The lowest BCUT2D eigenvalue weighted by molar-refractivity contribution is -0.139. The summed E-state index contributed by atoms with van der Waals surface area (Å²) >= 11 is 0. The van der Waals surface area contributed by atoms with Crippen molar-refractivity contribution in [1.29, 1.82) is 0 Å². The molecular formula is C24H24N4O5. The molecule has 0 radical (unpaired) electrons. The number of fused-ring (bicyclic) bond motifs is 3. The van der Waals surface area contributed by atoms with Crippen molar-refractivity contribution < 1.29 is 24.2 Å². The largest absolute Gasteiger partial charge is 0.480 e. The van der Waals surface area contributed by atoms with E-state index in [0.717, 1.165) is 22.3 Å². The monoisotopic (exact) mass is 448 g/mol. The molecule has 0 fully saturated rings. The summed E-state index contributed by atoms with van der Waals surface area (Å²) in [5.41, 5.74) is 4.59. The van der Waals surface area contributed by atoms with Gasteiger partial charge in [0.25, 0.3) is 5.91 Å². The highest BCUT2D eigenvalue weighted by molar-refractivity contribution is 5.96. The SMILES string of the molecule is CCC(NC(=O)c1cc(NC(=O)OCC2c3ccccc3-c3ccccc32)nn1C)C(=O)O. The van der Waals surface area contributed by atoms with Crippen LogP contribution in [0.1, 0.15) is 40.9 Å². The van der Waals surface area contributed by atoms with E-state index in [9.17, 15) is 14.4 Å². The van der Waals surface area contributed by atoms with Crippen LogP contribution < -0.4 is 10.6 Å². The number of amides is 2. The third-order valence-corrected chi connectivity index (χ3v) is 5.70. The standard InChI is InChI=1S/C24H24N4O5/c1-3-19(23(30)31)25-22(29)20-12-21(27-28(20)2)26-24(32)33-13-18-16-10-6-4-8-14(16)15-9-5-7-11-17(15)18/h4-12,18-19H,3,13H2,1-2H3,(H,25,29)(H,30,31)(H,26,27,32). The van der Waals surface area contributed by atoms with Gasteiger partial charge in [-0.25, -0.2) is 9.59 Å². The number of carboxylic acid groups (broad SMARTS) is 1. The zero-order valence-corrected chi connectivity index (χ0v) is 18.2. The Morgan fingerprint density at radius 2 is 1.70 bits per heavy atom. The molecule has 33 heavy (non-hydrogen) atoms. The normalized spacial score (nSPS) is 13.0. The van der Waals surface area contributed by atoms with Crippen molar-refractivity contribution in [3.63, 3.8) is 0 Å². The van der Waals surface area contributed by atoms with Crippen LogP contribution in [0.15, 0.2) is 54.6 Å². The van der Waals surface area contributed by atoms with E-state index in [2.05, 4.69) is 27.9 Å². The average molecular weight is 448 g/mol. The molecule has 1 atom stereocenters. The van der Waals surface area contributed by atoms with Crippen LogP contribution in [-0.2, 0) is 16.6 Å². The second-order valence-corrected chi connectivity index (χ2v) is 7.76. The van der Waals surface area contributed by atoms with Crippen LogP contribution in [0.25, 0.3) is 11.1 Å². The van der Waals surface area contributed by atoms with Crippen molar-refractivity contribution in [2.75, 3.05) is 11.9 Å². The third kappa shape index (κ3) is 4.43. The highest BCUT2D eigenvalue weighted by atomic mass is 16.5. The summed E-state index contributed by atoms with van der Waals surface area (Å²) in [6, 6.07) is 16.4. The lowest BCUT2D eigenvalue weighted by Gasteiger charge is -2.14. The third-order valence-electron chi connectivity index (χ3n) is 5.70. The molecule has 2 aromatic carbocycles. The van der Waals surface area contributed by atoms with Crippen LogP contribution in [-0.4, -0.2) is 45.5 Å². The van der Waals surface area contributed by atoms with Crippen molar-refractivity contribution in [2.24, 2.45) is 7.05 Å². The van der Waals surface area contributed by atoms with Gasteiger partial charge in [-0.05, 0) is 28.7 Å². The number of nitrogens with zero attached hydrogens (tertiary/aromatic N) is 2. The molecule has 0 saturated heterocycles. The van der Waals surface area contributed by atoms with Crippen molar-refractivity contribution in [1.82, 2.24) is 15.1 Å². The van der Waals surface area contributed by atoms with Crippen LogP contribution in [0.4, 0.5) is 10.6 Å². The number of nitrogens with one attached hydrogen (secondary N) is 2. The van der Waals surface area contributed by atoms with Gasteiger partial charge < -0.3 is 15.2 Å². The van der Waals surface area contributed by atoms with E-state index in [0.29, 0.717) is 0 Å². The minimum Gasteiger partial charge on any atom is -0.480 e. The summed E-state index contributed by atoms with van der Waals surface area (Å²) in [6.45, 7) is 1.81. The van der Waals surface area contributed by atoms with E-state index >= 15 is 0 Å². The summed E-state index contributed by atoms with van der Waals surface area (Å²) in [7, 11) is 1.53. The van der Waals surface area contributed by atoms with E-state index in [4.69, 9.17) is 9.84 Å². The fourth-order valence-electron chi connectivity index (χ4n) is 4.05. The topological polar surface area (TPSA) is 123 Å². The minimum atomic E-state index is -1.12. The molecule has 3 aromatic rings. The van der Waals surface area contributed by atoms with E-state index in [1.54, 1.807) is 6.92 Å². The molecule has 1 aliphatic rings. The number of carbonyl (C=O) groups excluding carboxylic acids is 2. The molecule has 1 aliphatic carbocycles. The van der Waals surface area contributed by atoms with Crippen LogP contribution in [0.2, 0.25) is 0 Å². The van der Waals surface area contributed by atoms with Crippen molar-refractivity contribution in [3.05, 3.63) is 71.4 Å². The second kappa shape index (κ2) is 9.15. The number of ether oxygens (including phenoxy) is 1. The maximum atomic E-state index is 12.4. The number of aliphatic carboxylic acids is 1. The Bertz CT molecular complexity index is 1170. The molecule has 0 aliphatic heterocycles. The Hall–Kier alpha value is -4.14. The lowest BCUT2D eigenvalue weighted by atomic mass is 9.98. The first-order valence-electron chi connectivity index (χ1n) is 10.6. The van der Waals surface area contributed by atoms with Crippen LogP contribution >= 0.6 is 0 Å². The van der Waals surface area contributed by atoms with Gasteiger partial charge in [-0.15, -0.1) is 0 Å². The molecule has 1 aromatic heterocycles.